The lowest BCUT2D eigenvalue weighted by Crippen LogP contribution is -2.11. The van der Waals surface area contributed by atoms with Gasteiger partial charge in [-0.3, -0.25) is 9.00 Å². The van der Waals surface area contributed by atoms with E-state index in [1.54, 1.807) is 18.2 Å². The number of hydrogen-bond acceptors (Lipinski definition) is 4. The van der Waals surface area contributed by atoms with E-state index in [0.717, 1.165) is 12.0 Å². The molecule has 0 saturated heterocycles. The molecule has 0 fully saturated rings. The van der Waals surface area contributed by atoms with Crippen LogP contribution in [0.15, 0.2) is 41.3 Å². The van der Waals surface area contributed by atoms with Crippen molar-refractivity contribution in [1.29, 1.82) is 5.26 Å². The highest BCUT2D eigenvalue weighted by atomic mass is 32.2. The van der Waals surface area contributed by atoms with Crippen LogP contribution in [0.3, 0.4) is 0 Å². The van der Waals surface area contributed by atoms with E-state index in [-0.39, 0.29) is 16.9 Å². The summed E-state index contributed by atoms with van der Waals surface area (Å²) in [7, 11) is -1.17. The molecule has 23 heavy (non-hydrogen) atoms. The first-order valence-corrected chi connectivity index (χ1v) is 8.79. The number of benzene rings is 1. The van der Waals surface area contributed by atoms with Crippen molar-refractivity contribution < 1.29 is 8.95 Å². The minimum atomic E-state index is -1.17. The standard InChI is InChI=1S/C17H18N2O3S/c1-2-6-22-17-10-19-15(8-16(17)20)12-23(21)11-14-5-3-4-13(7-14)9-18/h3-5,7-8,10H,2,6,11-12H2,1H3,(H,19,20). The Morgan fingerprint density at radius 3 is 2.83 bits per heavy atom. The van der Waals surface area contributed by atoms with E-state index < -0.39 is 10.8 Å². The Labute approximate surface area is 137 Å². The molecule has 2 rings (SSSR count). The number of ether oxygens (including phenoxy) is 1. The Balaban J connectivity index is 2.01. The Kier molecular flexibility index (Phi) is 6.12. The van der Waals surface area contributed by atoms with Crippen molar-refractivity contribution in [3.8, 4) is 11.8 Å². The minimum absolute atomic E-state index is 0.212. The van der Waals surface area contributed by atoms with E-state index in [1.165, 1.54) is 12.3 Å². The van der Waals surface area contributed by atoms with Gasteiger partial charge < -0.3 is 9.72 Å². The summed E-state index contributed by atoms with van der Waals surface area (Å²) in [4.78, 5) is 14.8. The molecule has 1 unspecified atom stereocenters. The summed E-state index contributed by atoms with van der Waals surface area (Å²) in [6.45, 7) is 2.45. The van der Waals surface area contributed by atoms with E-state index in [0.29, 0.717) is 23.6 Å². The molecule has 120 valence electrons. The normalized spacial score (nSPS) is 11.7. The fourth-order valence-electron chi connectivity index (χ4n) is 2.05. The number of aromatic amines is 1. The van der Waals surface area contributed by atoms with Gasteiger partial charge in [-0.05, 0) is 24.1 Å². The molecule has 0 aliphatic heterocycles. The third kappa shape index (κ3) is 5.08. The molecule has 2 aromatic rings. The number of rotatable bonds is 7. The fraction of sp³-hybridized carbons (Fsp3) is 0.294. The first kappa shape index (κ1) is 17.0. The van der Waals surface area contributed by atoms with E-state index in [4.69, 9.17) is 10.00 Å². The van der Waals surface area contributed by atoms with Gasteiger partial charge in [0, 0.05) is 34.5 Å². The Hall–Kier alpha value is -2.39. The van der Waals surface area contributed by atoms with Crippen LogP contribution in [-0.2, 0) is 22.3 Å². The molecule has 0 radical (unpaired) electrons. The average molecular weight is 330 g/mol. The van der Waals surface area contributed by atoms with Crippen molar-refractivity contribution in [2.45, 2.75) is 24.9 Å². The highest BCUT2D eigenvalue weighted by Crippen LogP contribution is 2.10. The van der Waals surface area contributed by atoms with Crippen LogP contribution in [0.25, 0.3) is 0 Å². The number of aromatic nitrogens is 1. The largest absolute Gasteiger partial charge is 0.488 e. The van der Waals surface area contributed by atoms with Gasteiger partial charge in [0.05, 0.1) is 24.0 Å². The number of nitrogens with one attached hydrogen (secondary N) is 1. The molecule has 1 aromatic heterocycles. The van der Waals surface area contributed by atoms with E-state index >= 15 is 0 Å². The van der Waals surface area contributed by atoms with Gasteiger partial charge in [0.15, 0.2) is 5.75 Å². The van der Waals surface area contributed by atoms with Crippen molar-refractivity contribution in [3.05, 3.63) is 63.6 Å². The van der Waals surface area contributed by atoms with Crippen molar-refractivity contribution in [1.82, 2.24) is 4.98 Å². The fourth-order valence-corrected chi connectivity index (χ4v) is 3.22. The van der Waals surface area contributed by atoms with Gasteiger partial charge in [-0.1, -0.05) is 19.1 Å². The number of pyridine rings is 1. The molecule has 1 N–H and O–H groups in total. The maximum atomic E-state index is 12.2. The lowest BCUT2D eigenvalue weighted by Gasteiger charge is -2.06. The highest BCUT2D eigenvalue weighted by molar-refractivity contribution is 7.83. The third-order valence-corrected chi connectivity index (χ3v) is 4.39. The van der Waals surface area contributed by atoms with Crippen molar-refractivity contribution >= 4 is 10.8 Å². The summed E-state index contributed by atoms with van der Waals surface area (Å²) in [5.41, 5.74) is 1.78. The van der Waals surface area contributed by atoms with E-state index in [2.05, 4.69) is 11.1 Å². The molecule has 1 aromatic carbocycles. The summed E-state index contributed by atoms with van der Waals surface area (Å²) >= 11 is 0. The van der Waals surface area contributed by atoms with Gasteiger partial charge in [-0.15, -0.1) is 0 Å². The number of nitrogens with zero attached hydrogens (tertiary/aromatic N) is 1. The Morgan fingerprint density at radius 1 is 1.30 bits per heavy atom. The molecular formula is C17H18N2O3S. The summed E-state index contributed by atoms with van der Waals surface area (Å²) < 4.78 is 17.5. The quantitative estimate of drug-likeness (QED) is 0.845. The summed E-state index contributed by atoms with van der Waals surface area (Å²) in [6, 6.07) is 10.5. The summed E-state index contributed by atoms with van der Waals surface area (Å²) in [5.74, 6) is 0.870. The zero-order chi connectivity index (χ0) is 16.7. The maximum Gasteiger partial charge on any atom is 0.223 e. The van der Waals surface area contributed by atoms with Crippen molar-refractivity contribution in [2.75, 3.05) is 6.61 Å². The van der Waals surface area contributed by atoms with Gasteiger partial charge in [0.1, 0.15) is 0 Å². The second kappa shape index (κ2) is 8.30. The topological polar surface area (TPSA) is 82.9 Å². The molecule has 6 heteroatoms. The second-order valence-electron chi connectivity index (χ2n) is 5.08. The van der Waals surface area contributed by atoms with Gasteiger partial charge in [0.25, 0.3) is 0 Å². The number of nitriles is 1. The molecule has 1 heterocycles. The summed E-state index contributed by atoms with van der Waals surface area (Å²) in [6.07, 6.45) is 2.34. The average Bonchev–Trinajstić information content (AvgIpc) is 2.54. The zero-order valence-corrected chi connectivity index (χ0v) is 13.7. The molecule has 0 aliphatic rings. The SMILES string of the molecule is CCCOc1c[nH]c(CS(=O)Cc2cccc(C#N)c2)cc1=O. The first-order valence-electron chi connectivity index (χ1n) is 7.30. The van der Waals surface area contributed by atoms with Crippen LogP contribution in [-0.4, -0.2) is 15.8 Å². The minimum Gasteiger partial charge on any atom is -0.488 e. The summed E-state index contributed by atoms with van der Waals surface area (Å²) in [5, 5.41) is 8.87. The van der Waals surface area contributed by atoms with Crippen molar-refractivity contribution in [2.24, 2.45) is 0 Å². The molecular weight excluding hydrogens is 312 g/mol. The number of hydrogen-bond donors (Lipinski definition) is 1. The lowest BCUT2D eigenvalue weighted by atomic mass is 10.2. The van der Waals surface area contributed by atoms with Crippen LogP contribution in [0.5, 0.6) is 5.75 Å². The van der Waals surface area contributed by atoms with Gasteiger partial charge in [0.2, 0.25) is 5.43 Å². The monoisotopic (exact) mass is 330 g/mol. The molecule has 0 amide bonds. The van der Waals surface area contributed by atoms with Crippen LogP contribution in [0.1, 0.15) is 30.2 Å². The van der Waals surface area contributed by atoms with Crippen molar-refractivity contribution in [3.63, 3.8) is 0 Å². The van der Waals surface area contributed by atoms with Gasteiger partial charge in [-0.2, -0.15) is 5.26 Å². The Bertz CT molecular complexity index is 793. The van der Waals surface area contributed by atoms with Crippen LogP contribution in [0, 0.1) is 11.3 Å². The van der Waals surface area contributed by atoms with E-state index in [9.17, 15) is 9.00 Å². The molecule has 5 nitrogen and oxygen atoms in total. The predicted octanol–water partition coefficient (Wildman–Crippen LogP) is 2.48. The maximum absolute atomic E-state index is 12.2. The van der Waals surface area contributed by atoms with Crippen LogP contribution in [0.2, 0.25) is 0 Å². The van der Waals surface area contributed by atoms with Gasteiger partial charge >= 0.3 is 0 Å². The van der Waals surface area contributed by atoms with Crippen LogP contribution >= 0.6 is 0 Å². The second-order valence-corrected chi connectivity index (χ2v) is 6.53. The van der Waals surface area contributed by atoms with Crippen LogP contribution < -0.4 is 10.2 Å². The molecule has 0 saturated carbocycles. The molecule has 0 bridgehead atoms. The number of H-pyrrole nitrogens is 1. The molecule has 0 spiro atoms. The first-order chi connectivity index (χ1) is 11.1. The predicted molar refractivity (Wildman–Crippen MR) is 89.6 cm³/mol. The molecule has 0 aliphatic carbocycles. The highest BCUT2D eigenvalue weighted by Gasteiger charge is 2.07. The lowest BCUT2D eigenvalue weighted by molar-refractivity contribution is 0.313. The van der Waals surface area contributed by atoms with E-state index in [1.807, 2.05) is 13.0 Å². The van der Waals surface area contributed by atoms with Gasteiger partial charge in [-0.25, -0.2) is 0 Å². The Morgan fingerprint density at radius 2 is 2.13 bits per heavy atom. The van der Waals surface area contributed by atoms with Crippen LogP contribution in [0.4, 0.5) is 0 Å². The molecule has 1 atom stereocenters. The zero-order valence-electron chi connectivity index (χ0n) is 12.9. The smallest absolute Gasteiger partial charge is 0.223 e. The third-order valence-electron chi connectivity index (χ3n) is 3.10.